The zero-order valence-corrected chi connectivity index (χ0v) is 16.4. The van der Waals surface area contributed by atoms with Gasteiger partial charge in [-0.2, -0.15) is 0 Å². The maximum Gasteiger partial charge on any atom is 0.363 e. The van der Waals surface area contributed by atoms with Gasteiger partial charge in [-0.25, -0.2) is 4.98 Å². The van der Waals surface area contributed by atoms with E-state index in [0.717, 1.165) is 5.56 Å². The van der Waals surface area contributed by atoms with Gasteiger partial charge in [0.05, 0.1) is 6.04 Å². The molecule has 1 unspecified atom stereocenters. The molecule has 3 rings (SSSR count). The van der Waals surface area contributed by atoms with E-state index in [1.807, 2.05) is 30.3 Å². The van der Waals surface area contributed by atoms with Gasteiger partial charge >= 0.3 is 5.82 Å². The van der Waals surface area contributed by atoms with Crippen LogP contribution in [0.4, 0.5) is 11.6 Å². The molecule has 0 saturated heterocycles. The van der Waals surface area contributed by atoms with Crippen molar-refractivity contribution >= 4 is 17.5 Å². The fourth-order valence-electron chi connectivity index (χ4n) is 2.53. The fourth-order valence-corrected chi connectivity index (χ4v) is 2.53. The number of carbonyl (C=O) groups excluding carboxylic acids is 1. The average Bonchev–Trinajstić information content (AvgIpc) is 2.78. The van der Waals surface area contributed by atoms with Gasteiger partial charge in [0.1, 0.15) is 17.7 Å². The molecule has 3 aromatic rings. The van der Waals surface area contributed by atoms with Gasteiger partial charge in [-0.3, -0.25) is 4.79 Å². The van der Waals surface area contributed by atoms with Crippen LogP contribution in [0.3, 0.4) is 0 Å². The SMILES string of the molecule is CNC(C)C(=O)Nc1ccc(-c2ccc([N+](=O)[O-])nc2)c(C#Cc2ccccc2)n1. The van der Waals surface area contributed by atoms with Crippen molar-refractivity contribution in [2.45, 2.75) is 13.0 Å². The number of carbonyl (C=O) groups is 1. The number of aromatic nitrogens is 2. The highest BCUT2D eigenvalue weighted by Crippen LogP contribution is 2.24. The highest BCUT2D eigenvalue weighted by Gasteiger charge is 2.14. The Kier molecular flexibility index (Phi) is 6.47. The van der Waals surface area contributed by atoms with Crippen LogP contribution in [0.25, 0.3) is 11.1 Å². The third-order valence-corrected chi connectivity index (χ3v) is 4.32. The van der Waals surface area contributed by atoms with E-state index >= 15 is 0 Å². The van der Waals surface area contributed by atoms with Gasteiger partial charge in [-0.15, -0.1) is 0 Å². The van der Waals surface area contributed by atoms with Crippen molar-refractivity contribution in [2.24, 2.45) is 0 Å². The van der Waals surface area contributed by atoms with Gasteiger partial charge in [0.15, 0.2) is 0 Å². The molecule has 0 aliphatic rings. The lowest BCUT2D eigenvalue weighted by Gasteiger charge is -2.11. The molecule has 0 radical (unpaired) electrons. The molecular weight excluding hydrogens is 382 g/mol. The van der Waals surface area contributed by atoms with E-state index in [4.69, 9.17) is 0 Å². The third kappa shape index (κ3) is 5.04. The minimum atomic E-state index is -0.556. The van der Waals surface area contributed by atoms with E-state index in [9.17, 15) is 14.9 Å². The molecular formula is C22H19N5O3. The predicted molar refractivity (Wildman–Crippen MR) is 114 cm³/mol. The predicted octanol–water partition coefficient (Wildman–Crippen LogP) is 3.00. The first-order valence-corrected chi connectivity index (χ1v) is 9.15. The van der Waals surface area contributed by atoms with Crippen LogP contribution in [0.2, 0.25) is 0 Å². The zero-order chi connectivity index (χ0) is 21.5. The van der Waals surface area contributed by atoms with Crippen molar-refractivity contribution in [1.29, 1.82) is 0 Å². The Morgan fingerprint density at radius 1 is 1.10 bits per heavy atom. The van der Waals surface area contributed by atoms with E-state index in [1.165, 1.54) is 12.3 Å². The molecule has 1 aromatic carbocycles. The first-order valence-electron chi connectivity index (χ1n) is 9.15. The Bertz CT molecular complexity index is 1120. The first kappa shape index (κ1) is 20.6. The summed E-state index contributed by atoms with van der Waals surface area (Å²) in [7, 11) is 1.69. The van der Waals surface area contributed by atoms with Crippen LogP contribution >= 0.6 is 0 Å². The molecule has 8 heteroatoms. The lowest BCUT2D eigenvalue weighted by Crippen LogP contribution is -2.35. The Labute approximate surface area is 173 Å². The standard InChI is InChI=1S/C22H19N5O3/c1-15(23-2)22(28)26-20-12-10-18(17-9-13-21(24-14-17)27(29)30)19(25-20)11-8-16-6-4-3-5-7-16/h3-7,9-10,12-15,23H,1-2H3,(H,25,26,28). The van der Waals surface area contributed by atoms with Crippen LogP contribution in [0.5, 0.6) is 0 Å². The van der Waals surface area contributed by atoms with Crippen LogP contribution in [0, 0.1) is 22.0 Å². The van der Waals surface area contributed by atoms with Gasteiger partial charge in [0, 0.05) is 22.8 Å². The topological polar surface area (TPSA) is 110 Å². The second-order valence-electron chi connectivity index (χ2n) is 6.37. The van der Waals surface area contributed by atoms with E-state index in [0.29, 0.717) is 22.6 Å². The summed E-state index contributed by atoms with van der Waals surface area (Å²) in [4.78, 5) is 30.8. The molecule has 2 N–H and O–H groups in total. The van der Waals surface area contributed by atoms with Gasteiger partial charge in [0.2, 0.25) is 5.91 Å². The molecule has 2 heterocycles. The molecule has 2 aromatic heterocycles. The average molecular weight is 401 g/mol. The van der Waals surface area contributed by atoms with Gasteiger partial charge in [0.25, 0.3) is 0 Å². The van der Waals surface area contributed by atoms with Gasteiger partial charge in [-0.1, -0.05) is 24.1 Å². The van der Waals surface area contributed by atoms with Crippen LogP contribution in [-0.4, -0.2) is 33.9 Å². The van der Waals surface area contributed by atoms with Crippen molar-refractivity contribution in [1.82, 2.24) is 15.3 Å². The van der Waals surface area contributed by atoms with Crippen molar-refractivity contribution in [3.63, 3.8) is 0 Å². The minimum absolute atomic E-state index is 0.225. The van der Waals surface area contributed by atoms with Crippen LogP contribution < -0.4 is 10.6 Å². The second kappa shape index (κ2) is 9.41. The second-order valence-corrected chi connectivity index (χ2v) is 6.37. The molecule has 0 aliphatic carbocycles. The number of benzene rings is 1. The van der Waals surface area contributed by atoms with E-state index < -0.39 is 4.92 Å². The summed E-state index contributed by atoms with van der Waals surface area (Å²) in [6.45, 7) is 1.74. The maximum atomic E-state index is 12.2. The number of pyridine rings is 2. The monoisotopic (exact) mass is 401 g/mol. The summed E-state index contributed by atoms with van der Waals surface area (Å²) in [6.07, 6.45) is 1.41. The Balaban J connectivity index is 2.01. The number of nitro groups is 1. The molecule has 150 valence electrons. The number of anilines is 1. The molecule has 0 saturated carbocycles. The number of nitrogens with one attached hydrogen (secondary N) is 2. The molecule has 30 heavy (non-hydrogen) atoms. The molecule has 0 bridgehead atoms. The molecule has 1 amide bonds. The number of hydrogen-bond acceptors (Lipinski definition) is 6. The summed E-state index contributed by atoms with van der Waals surface area (Å²) in [5.41, 5.74) is 2.52. The smallest absolute Gasteiger partial charge is 0.358 e. The van der Waals surface area contributed by atoms with Crippen LogP contribution in [-0.2, 0) is 4.79 Å². The van der Waals surface area contributed by atoms with Crippen molar-refractivity contribution < 1.29 is 9.72 Å². The summed E-state index contributed by atoms with van der Waals surface area (Å²) >= 11 is 0. The number of amides is 1. The van der Waals surface area contributed by atoms with E-state index in [2.05, 4.69) is 32.4 Å². The molecule has 0 aliphatic heterocycles. The molecule has 1 atom stereocenters. The summed E-state index contributed by atoms with van der Waals surface area (Å²) in [6, 6.07) is 15.4. The van der Waals surface area contributed by atoms with Crippen molar-refractivity contribution in [2.75, 3.05) is 12.4 Å². The van der Waals surface area contributed by atoms with Gasteiger partial charge < -0.3 is 20.7 Å². The molecule has 0 spiro atoms. The van der Waals surface area contributed by atoms with E-state index in [-0.39, 0.29) is 17.8 Å². The van der Waals surface area contributed by atoms with Crippen molar-refractivity contribution in [3.05, 3.63) is 82.2 Å². The minimum Gasteiger partial charge on any atom is -0.358 e. The fraction of sp³-hybridized carbons (Fsp3) is 0.136. The van der Waals surface area contributed by atoms with E-state index in [1.54, 1.807) is 32.2 Å². The highest BCUT2D eigenvalue weighted by molar-refractivity contribution is 5.94. The zero-order valence-electron chi connectivity index (χ0n) is 16.4. The van der Waals surface area contributed by atoms with Crippen LogP contribution in [0.15, 0.2) is 60.8 Å². The quantitative estimate of drug-likeness (QED) is 0.386. The lowest BCUT2D eigenvalue weighted by atomic mass is 10.1. The third-order valence-electron chi connectivity index (χ3n) is 4.32. The summed E-state index contributed by atoms with van der Waals surface area (Å²) < 4.78 is 0. The summed E-state index contributed by atoms with van der Waals surface area (Å²) in [5, 5.41) is 16.5. The Morgan fingerprint density at radius 2 is 1.87 bits per heavy atom. The first-order chi connectivity index (χ1) is 14.5. The molecule has 8 nitrogen and oxygen atoms in total. The number of likely N-dealkylation sites (N-methyl/N-ethyl adjacent to an activating group) is 1. The van der Waals surface area contributed by atoms with Crippen LogP contribution in [0.1, 0.15) is 18.2 Å². The normalized spacial score (nSPS) is 11.1. The van der Waals surface area contributed by atoms with Gasteiger partial charge in [-0.05, 0) is 60.1 Å². The summed E-state index contributed by atoms with van der Waals surface area (Å²) in [5.74, 6) is 5.97. The van der Waals surface area contributed by atoms with Crippen molar-refractivity contribution in [3.8, 4) is 23.0 Å². The lowest BCUT2D eigenvalue weighted by molar-refractivity contribution is -0.389. The Hall–Kier alpha value is -4.09. The Morgan fingerprint density at radius 3 is 2.50 bits per heavy atom. The number of hydrogen-bond donors (Lipinski definition) is 2. The number of nitrogens with zero attached hydrogens (tertiary/aromatic N) is 3. The molecule has 0 fully saturated rings. The largest absolute Gasteiger partial charge is 0.363 e. The maximum absolute atomic E-state index is 12.2. The number of rotatable bonds is 5. The highest BCUT2D eigenvalue weighted by atomic mass is 16.6.